The summed E-state index contributed by atoms with van der Waals surface area (Å²) in [5.41, 5.74) is 1.77. The second-order valence-corrected chi connectivity index (χ2v) is 6.46. The Bertz CT molecular complexity index is 450. The first-order valence-electron chi connectivity index (χ1n) is 7.73. The van der Waals surface area contributed by atoms with E-state index in [1.165, 1.54) is 31.2 Å². The molecule has 1 aromatic carbocycles. The van der Waals surface area contributed by atoms with Gasteiger partial charge in [-0.3, -0.25) is 0 Å². The van der Waals surface area contributed by atoms with E-state index in [0.29, 0.717) is 24.0 Å². The number of methoxy groups -OCH3 is 1. The first-order valence-corrected chi connectivity index (χ1v) is 7.73. The molecule has 0 bridgehead atoms. The lowest BCUT2D eigenvalue weighted by Crippen LogP contribution is -2.42. The maximum absolute atomic E-state index is 9.09. The second kappa shape index (κ2) is 5.74. The van der Waals surface area contributed by atoms with Crippen molar-refractivity contribution in [3.8, 4) is 5.75 Å². The minimum absolute atomic E-state index is 0.330. The zero-order valence-electron chi connectivity index (χ0n) is 12.3. The monoisotopic (exact) mass is 275 g/mol. The standard InChI is InChI=1S/C17H25NO2/c1-20-16-5-3-2-4-15(16)13-10-14(11-13)18-12-17(6-7-17)8-9-19/h2-5,13-14,18-19H,6-12H2,1H3. The van der Waals surface area contributed by atoms with E-state index in [1.54, 1.807) is 7.11 Å². The van der Waals surface area contributed by atoms with Crippen LogP contribution in [0.15, 0.2) is 24.3 Å². The molecule has 2 N–H and O–H groups in total. The van der Waals surface area contributed by atoms with Gasteiger partial charge in [-0.2, -0.15) is 0 Å². The number of aliphatic hydroxyl groups excluding tert-OH is 1. The van der Waals surface area contributed by atoms with Crippen LogP contribution in [-0.2, 0) is 0 Å². The van der Waals surface area contributed by atoms with Crippen LogP contribution in [0.4, 0.5) is 0 Å². The lowest BCUT2D eigenvalue weighted by Gasteiger charge is -2.38. The Balaban J connectivity index is 1.47. The number of hydrogen-bond donors (Lipinski definition) is 2. The Hall–Kier alpha value is -1.06. The zero-order valence-corrected chi connectivity index (χ0v) is 12.3. The van der Waals surface area contributed by atoms with Crippen LogP contribution in [0.5, 0.6) is 5.75 Å². The molecular formula is C17H25NO2. The number of para-hydroxylation sites is 1. The van der Waals surface area contributed by atoms with E-state index in [1.807, 2.05) is 6.07 Å². The molecule has 0 spiro atoms. The molecule has 3 rings (SSSR count). The van der Waals surface area contributed by atoms with Crippen LogP contribution in [0.1, 0.15) is 43.6 Å². The van der Waals surface area contributed by atoms with Crippen LogP contribution in [0.2, 0.25) is 0 Å². The van der Waals surface area contributed by atoms with Gasteiger partial charge in [0.05, 0.1) is 7.11 Å². The van der Waals surface area contributed by atoms with E-state index in [-0.39, 0.29) is 0 Å². The highest BCUT2D eigenvalue weighted by Gasteiger charge is 2.42. The quantitative estimate of drug-likeness (QED) is 0.804. The van der Waals surface area contributed by atoms with Crippen molar-refractivity contribution in [1.82, 2.24) is 5.32 Å². The summed E-state index contributed by atoms with van der Waals surface area (Å²) in [6.45, 7) is 1.41. The third-order valence-electron chi connectivity index (χ3n) is 5.08. The maximum Gasteiger partial charge on any atom is 0.122 e. The van der Waals surface area contributed by atoms with Gasteiger partial charge in [0.1, 0.15) is 5.75 Å². The average Bonchev–Trinajstić information content (AvgIpc) is 3.18. The van der Waals surface area contributed by atoms with Gasteiger partial charge in [-0.25, -0.2) is 0 Å². The Kier molecular flexibility index (Phi) is 3.99. The van der Waals surface area contributed by atoms with Crippen LogP contribution in [0.3, 0.4) is 0 Å². The van der Waals surface area contributed by atoms with Gasteiger partial charge in [0.15, 0.2) is 0 Å². The summed E-state index contributed by atoms with van der Waals surface area (Å²) in [5, 5.41) is 12.8. The topological polar surface area (TPSA) is 41.5 Å². The van der Waals surface area contributed by atoms with E-state index < -0.39 is 0 Å². The van der Waals surface area contributed by atoms with Crippen molar-refractivity contribution in [2.24, 2.45) is 5.41 Å². The van der Waals surface area contributed by atoms with E-state index in [4.69, 9.17) is 9.84 Å². The molecule has 0 atom stereocenters. The first-order chi connectivity index (χ1) is 9.76. The van der Waals surface area contributed by atoms with Crippen molar-refractivity contribution in [3.05, 3.63) is 29.8 Å². The minimum Gasteiger partial charge on any atom is -0.496 e. The van der Waals surface area contributed by atoms with Crippen molar-refractivity contribution in [2.45, 2.75) is 44.1 Å². The molecule has 2 aliphatic rings. The van der Waals surface area contributed by atoms with E-state index in [9.17, 15) is 0 Å². The van der Waals surface area contributed by atoms with Crippen molar-refractivity contribution in [2.75, 3.05) is 20.3 Å². The van der Waals surface area contributed by atoms with Gasteiger partial charge in [0.2, 0.25) is 0 Å². The van der Waals surface area contributed by atoms with Crippen molar-refractivity contribution in [3.63, 3.8) is 0 Å². The van der Waals surface area contributed by atoms with E-state index in [0.717, 1.165) is 18.7 Å². The van der Waals surface area contributed by atoms with Gasteiger partial charge in [0, 0.05) is 19.2 Å². The summed E-state index contributed by atoms with van der Waals surface area (Å²) in [4.78, 5) is 0. The van der Waals surface area contributed by atoms with Crippen molar-refractivity contribution >= 4 is 0 Å². The summed E-state index contributed by atoms with van der Waals surface area (Å²) >= 11 is 0. The predicted molar refractivity (Wildman–Crippen MR) is 80.1 cm³/mol. The van der Waals surface area contributed by atoms with E-state index >= 15 is 0 Å². The fourth-order valence-corrected chi connectivity index (χ4v) is 3.33. The molecule has 2 aliphatic carbocycles. The van der Waals surface area contributed by atoms with Gasteiger partial charge < -0.3 is 15.2 Å². The Morgan fingerprint density at radius 3 is 2.70 bits per heavy atom. The number of hydrogen-bond acceptors (Lipinski definition) is 3. The molecule has 20 heavy (non-hydrogen) atoms. The second-order valence-electron chi connectivity index (χ2n) is 6.46. The zero-order chi connectivity index (χ0) is 14.0. The van der Waals surface area contributed by atoms with Gasteiger partial charge in [-0.05, 0) is 55.1 Å². The molecule has 0 aliphatic heterocycles. The van der Waals surface area contributed by atoms with Crippen LogP contribution in [0.25, 0.3) is 0 Å². The molecule has 110 valence electrons. The Labute approximate surface area is 121 Å². The molecule has 0 unspecified atom stereocenters. The van der Waals surface area contributed by atoms with E-state index in [2.05, 4.69) is 23.5 Å². The summed E-state index contributed by atoms with van der Waals surface area (Å²) in [7, 11) is 1.75. The van der Waals surface area contributed by atoms with Gasteiger partial charge >= 0.3 is 0 Å². The summed E-state index contributed by atoms with van der Waals surface area (Å²) in [6, 6.07) is 9.01. The third-order valence-corrected chi connectivity index (χ3v) is 5.08. The SMILES string of the molecule is COc1ccccc1C1CC(NCC2(CCO)CC2)C1. The van der Waals surface area contributed by atoms with Gasteiger partial charge in [-0.15, -0.1) is 0 Å². The lowest BCUT2D eigenvalue weighted by atomic mass is 9.75. The highest BCUT2D eigenvalue weighted by atomic mass is 16.5. The molecule has 0 radical (unpaired) electrons. The largest absolute Gasteiger partial charge is 0.496 e. The molecule has 3 nitrogen and oxygen atoms in total. The minimum atomic E-state index is 0.330. The number of nitrogens with one attached hydrogen (secondary N) is 1. The van der Waals surface area contributed by atoms with Gasteiger partial charge in [-0.1, -0.05) is 18.2 Å². The van der Waals surface area contributed by atoms with Crippen LogP contribution < -0.4 is 10.1 Å². The first kappa shape index (κ1) is 13.9. The number of benzene rings is 1. The summed E-state index contributed by atoms with van der Waals surface area (Å²) in [5.74, 6) is 1.66. The molecule has 0 amide bonds. The average molecular weight is 275 g/mol. The molecule has 3 heteroatoms. The molecule has 1 aromatic rings. The fourth-order valence-electron chi connectivity index (χ4n) is 3.33. The van der Waals surface area contributed by atoms with Gasteiger partial charge in [0.25, 0.3) is 0 Å². The summed E-state index contributed by atoms with van der Waals surface area (Å²) in [6.07, 6.45) is 5.93. The van der Waals surface area contributed by atoms with Crippen molar-refractivity contribution in [1.29, 1.82) is 0 Å². The number of aliphatic hydroxyl groups is 1. The third kappa shape index (κ3) is 2.84. The maximum atomic E-state index is 9.09. The molecule has 0 saturated heterocycles. The summed E-state index contributed by atoms with van der Waals surface area (Å²) < 4.78 is 5.45. The lowest BCUT2D eigenvalue weighted by molar-refractivity contribution is 0.223. The normalized spacial score (nSPS) is 26.9. The smallest absolute Gasteiger partial charge is 0.122 e. The predicted octanol–water partition coefficient (Wildman–Crippen LogP) is 2.69. The number of rotatable bonds is 7. The van der Waals surface area contributed by atoms with Crippen LogP contribution >= 0.6 is 0 Å². The van der Waals surface area contributed by atoms with Crippen LogP contribution in [-0.4, -0.2) is 31.4 Å². The molecule has 2 fully saturated rings. The molecule has 0 heterocycles. The Morgan fingerprint density at radius 1 is 1.30 bits per heavy atom. The van der Waals surface area contributed by atoms with Crippen molar-refractivity contribution < 1.29 is 9.84 Å². The molecule has 0 aromatic heterocycles. The highest BCUT2D eigenvalue weighted by molar-refractivity contribution is 5.37. The number of ether oxygens (including phenoxy) is 1. The highest BCUT2D eigenvalue weighted by Crippen LogP contribution is 2.49. The molecule has 2 saturated carbocycles. The molecular weight excluding hydrogens is 250 g/mol. The van der Waals surface area contributed by atoms with Crippen LogP contribution in [0, 0.1) is 5.41 Å². The Morgan fingerprint density at radius 2 is 2.05 bits per heavy atom. The fraction of sp³-hybridized carbons (Fsp3) is 0.647.